The molecule has 0 radical (unpaired) electrons. The summed E-state index contributed by atoms with van der Waals surface area (Å²) in [5.41, 5.74) is 3.34. The van der Waals surface area contributed by atoms with Crippen LogP contribution in [0.2, 0.25) is 0 Å². The lowest BCUT2D eigenvalue weighted by Gasteiger charge is -2.32. The number of hydrogen-bond acceptors (Lipinski definition) is 4. The Morgan fingerprint density at radius 3 is 2.79 bits per heavy atom. The van der Waals surface area contributed by atoms with Gasteiger partial charge in [0.2, 0.25) is 0 Å². The molecular formula is C23H28N4O. The third-order valence-electron chi connectivity index (χ3n) is 5.59. The molecule has 2 aromatic heterocycles. The fourth-order valence-corrected chi connectivity index (χ4v) is 4.02. The van der Waals surface area contributed by atoms with Crippen LogP contribution in [0.15, 0.2) is 54.9 Å². The maximum Gasteiger partial charge on any atom is 0.122 e. The average molecular weight is 377 g/mol. The molecule has 1 atom stereocenters. The zero-order chi connectivity index (χ0) is 19.3. The molecule has 0 saturated carbocycles. The van der Waals surface area contributed by atoms with Crippen LogP contribution in [0.3, 0.4) is 0 Å². The van der Waals surface area contributed by atoms with Crippen molar-refractivity contribution in [3.05, 3.63) is 66.4 Å². The fraction of sp³-hybridized carbons (Fsp3) is 0.391. The highest BCUT2D eigenvalue weighted by Gasteiger charge is 2.23. The van der Waals surface area contributed by atoms with Gasteiger partial charge in [-0.1, -0.05) is 6.07 Å². The zero-order valence-electron chi connectivity index (χ0n) is 16.7. The third kappa shape index (κ3) is 4.09. The van der Waals surface area contributed by atoms with Crippen LogP contribution in [0, 0.1) is 0 Å². The minimum atomic E-state index is 0.469. The Hall–Kier alpha value is -2.66. The average Bonchev–Trinajstić information content (AvgIpc) is 3.21. The van der Waals surface area contributed by atoms with E-state index in [4.69, 9.17) is 9.72 Å². The van der Waals surface area contributed by atoms with Crippen molar-refractivity contribution in [3.8, 4) is 17.0 Å². The predicted molar refractivity (Wildman–Crippen MR) is 111 cm³/mol. The Morgan fingerprint density at radius 2 is 2.00 bits per heavy atom. The molecule has 0 amide bonds. The van der Waals surface area contributed by atoms with Crippen molar-refractivity contribution < 1.29 is 4.74 Å². The van der Waals surface area contributed by atoms with Crippen molar-refractivity contribution in [1.29, 1.82) is 0 Å². The first-order chi connectivity index (χ1) is 13.8. The number of piperidine rings is 1. The lowest BCUT2D eigenvalue weighted by molar-refractivity contribution is 0.192. The van der Waals surface area contributed by atoms with Crippen LogP contribution in [-0.4, -0.2) is 39.6 Å². The summed E-state index contributed by atoms with van der Waals surface area (Å²) in [6, 6.07) is 14.5. The Labute approximate surface area is 167 Å². The second-order valence-electron chi connectivity index (χ2n) is 7.38. The van der Waals surface area contributed by atoms with E-state index in [-0.39, 0.29) is 0 Å². The zero-order valence-corrected chi connectivity index (χ0v) is 16.7. The van der Waals surface area contributed by atoms with E-state index < -0.39 is 0 Å². The second-order valence-corrected chi connectivity index (χ2v) is 7.38. The van der Waals surface area contributed by atoms with Gasteiger partial charge in [-0.2, -0.15) is 0 Å². The molecule has 146 valence electrons. The number of nitrogens with zero attached hydrogens (tertiary/aromatic N) is 4. The number of likely N-dealkylation sites (tertiary alicyclic amines) is 1. The van der Waals surface area contributed by atoms with Crippen molar-refractivity contribution in [3.63, 3.8) is 0 Å². The Bertz CT molecular complexity index is 903. The molecule has 0 unspecified atom stereocenters. The first-order valence-corrected chi connectivity index (χ1v) is 10.1. The number of rotatable bonds is 6. The van der Waals surface area contributed by atoms with E-state index in [0.717, 1.165) is 49.0 Å². The lowest BCUT2D eigenvalue weighted by atomic mass is 9.94. The van der Waals surface area contributed by atoms with Gasteiger partial charge < -0.3 is 9.30 Å². The van der Waals surface area contributed by atoms with Crippen LogP contribution in [0.5, 0.6) is 5.75 Å². The molecule has 0 N–H and O–H groups in total. The number of ether oxygens (including phenoxy) is 1. The number of imidazole rings is 1. The summed E-state index contributed by atoms with van der Waals surface area (Å²) in [5.74, 6) is 2.49. The van der Waals surface area contributed by atoms with E-state index in [1.54, 1.807) is 7.11 Å². The topological polar surface area (TPSA) is 43.2 Å². The molecule has 5 nitrogen and oxygen atoms in total. The second kappa shape index (κ2) is 8.57. The van der Waals surface area contributed by atoms with Crippen LogP contribution in [0.1, 0.15) is 37.2 Å². The number of methoxy groups -OCH3 is 1. The molecule has 1 aliphatic heterocycles. The summed E-state index contributed by atoms with van der Waals surface area (Å²) in [5, 5.41) is 0. The van der Waals surface area contributed by atoms with Crippen LogP contribution >= 0.6 is 0 Å². The van der Waals surface area contributed by atoms with E-state index >= 15 is 0 Å². The van der Waals surface area contributed by atoms with Crippen molar-refractivity contribution in [2.24, 2.45) is 0 Å². The maximum atomic E-state index is 5.26. The predicted octanol–water partition coefficient (Wildman–Crippen LogP) is 4.35. The number of pyridine rings is 1. The van der Waals surface area contributed by atoms with E-state index in [2.05, 4.69) is 57.9 Å². The van der Waals surface area contributed by atoms with Gasteiger partial charge in [-0.05, 0) is 62.7 Å². The van der Waals surface area contributed by atoms with E-state index in [1.807, 2.05) is 18.3 Å². The molecule has 4 rings (SSSR count). The molecule has 1 aliphatic rings. The Balaban J connectivity index is 1.49. The van der Waals surface area contributed by atoms with Crippen LogP contribution in [0.25, 0.3) is 11.3 Å². The molecule has 3 aromatic rings. The van der Waals surface area contributed by atoms with Gasteiger partial charge in [-0.3, -0.25) is 9.88 Å². The molecule has 3 heterocycles. The third-order valence-corrected chi connectivity index (χ3v) is 5.59. The van der Waals surface area contributed by atoms with Crippen molar-refractivity contribution >= 4 is 0 Å². The van der Waals surface area contributed by atoms with Gasteiger partial charge in [-0.15, -0.1) is 0 Å². The molecule has 1 fully saturated rings. The van der Waals surface area contributed by atoms with Crippen LogP contribution in [0.4, 0.5) is 0 Å². The van der Waals surface area contributed by atoms with Gasteiger partial charge in [-0.25, -0.2) is 4.98 Å². The summed E-state index contributed by atoms with van der Waals surface area (Å²) < 4.78 is 7.49. The molecule has 1 aromatic carbocycles. The molecule has 1 saturated heterocycles. The number of aromatic nitrogens is 3. The van der Waals surface area contributed by atoms with Gasteiger partial charge in [0.25, 0.3) is 0 Å². The minimum absolute atomic E-state index is 0.469. The molecular weight excluding hydrogens is 348 g/mol. The maximum absolute atomic E-state index is 5.26. The van der Waals surface area contributed by atoms with Crippen LogP contribution < -0.4 is 4.74 Å². The van der Waals surface area contributed by atoms with E-state index in [0.29, 0.717) is 5.92 Å². The first kappa shape index (κ1) is 18.7. The largest absolute Gasteiger partial charge is 0.497 e. The Kier molecular flexibility index (Phi) is 5.72. The fourth-order valence-electron chi connectivity index (χ4n) is 4.02. The summed E-state index contributed by atoms with van der Waals surface area (Å²) in [4.78, 5) is 12.1. The van der Waals surface area contributed by atoms with Crippen molar-refractivity contribution in [2.75, 3.05) is 20.2 Å². The summed E-state index contributed by atoms with van der Waals surface area (Å²) >= 11 is 0. The summed E-state index contributed by atoms with van der Waals surface area (Å²) in [7, 11) is 1.69. The highest BCUT2D eigenvalue weighted by molar-refractivity contribution is 5.60. The summed E-state index contributed by atoms with van der Waals surface area (Å²) in [6.45, 7) is 6.22. The van der Waals surface area contributed by atoms with Gasteiger partial charge in [0.15, 0.2) is 0 Å². The standard InChI is InChI=1S/C23H28N4O/c1-3-27-15-13-24-23(27)17-26-14-5-6-19(16-26)22-8-4-7-21(25-22)18-9-11-20(28-2)12-10-18/h4,7-13,15,19H,3,5-6,14,16-17H2,1-2H3/t19-/m0/s1. The first-order valence-electron chi connectivity index (χ1n) is 10.1. The van der Waals surface area contributed by atoms with E-state index in [1.165, 1.54) is 18.5 Å². The molecule has 0 bridgehead atoms. The smallest absolute Gasteiger partial charge is 0.122 e. The van der Waals surface area contributed by atoms with E-state index in [9.17, 15) is 0 Å². The van der Waals surface area contributed by atoms with Crippen molar-refractivity contribution in [2.45, 2.75) is 38.8 Å². The molecule has 28 heavy (non-hydrogen) atoms. The molecule has 0 spiro atoms. The van der Waals surface area contributed by atoms with Gasteiger partial charge in [0, 0.05) is 42.7 Å². The van der Waals surface area contributed by atoms with Gasteiger partial charge in [0.1, 0.15) is 11.6 Å². The van der Waals surface area contributed by atoms with Gasteiger partial charge in [0.05, 0.1) is 19.3 Å². The molecule has 0 aliphatic carbocycles. The highest BCUT2D eigenvalue weighted by Crippen LogP contribution is 2.28. The monoisotopic (exact) mass is 376 g/mol. The SMILES string of the molecule is CCn1ccnc1CN1CCC[C@H](c2cccc(-c3ccc(OC)cc3)n2)C1. The Morgan fingerprint density at radius 1 is 1.14 bits per heavy atom. The highest BCUT2D eigenvalue weighted by atomic mass is 16.5. The lowest BCUT2D eigenvalue weighted by Crippen LogP contribution is -2.35. The number of aryl methyl sites for hydroxylation is 1. The van der Waals surface area contributed by atoms with Gasteiger partial charge >= 0.3 is 0 Å². The van der Waals surface area contributed by atoms with Crippen LogP contribution in [-0.2, 0) is 13.1 Å². The quantitative estimate of drug-likeness (QED) is 0.641. The number of benzene rings is 1. The van der Waals surface area contributed by atoms with Crippen molar-refractivity contribution in [1.82, 2.24) is 19.4 Å². The number of hydrogen-bond donors (Lipinski definition) is 0. The normalized spacial score (nSPS) is 17.6. The summed E-state index contributed by atoms with van der Waals surface area (Å²) in [6.07, 6.45) is 6.36. The molecule has 5 heteroatoms. The minimum Gasteiger partial charge on any atom is -0.497 e.